The number of thiophene rings is 1. The molecular formula is C12H11ClN6OS. The second kappa shape index (κ2) is 6.17. The summed E-state index contributed by atoms with van der Waals surface area (Å²) in [5.74, 6) is 0.599. The van der Waals surface area contributed by atoms with Crippen molar-refractivity contribution in [1.82, 2.24) is 24.7 Å². The van der Waals surface area contributed by atoms with Gasteiger partial charge in [-0.25, -0.2) is 4.68 Å². The second-order valence-corrected chi connectivity index (χ2v) is 5.25. The molecule has 0 amide bonds. The lowest BCUT2D eigenvalue weighted by atomic mass is 10.2. The lowest BCUT2D eigenvalue weighted by Crippen LogP contribution is -2.15. The van der Waals surface area contributed by atoms with Crippen molar-refractivity contribution in [2.24, 2.45) is 0 Å². The molecule has 3 heterocycles. The lowest BCUT2D eigenvalue weighted by molar-refractivity contribution is 0.192. The fraction of sp³-hybridized carbons (Fsp3) is 0.167. The summed E-state index contributed by atoms with van der Waals surface area (Å²) in [6.07, 6.45) is 2.68. The number of hydrogen-bond donors (Lipinski definition) is 2. The van der Waals surface area contributed by atoms with Crippen LogP contribution in [0.4, 0.5) is 5.95 Å². The van der Waals surface area contributed by atoms with Crippen molar-refractivity contribution >= 4 is 28.9 Å². The Bertz CT molecular complexity index is 703. The molecule has 0 saturated carbocycles. The van der Waals surface area contributed by atoms with E-state index in [1.807, 2.05) is 16.8 Å². The van der Waals surface area contributed by atoms with Crippen LogP contribution in [-0.4, -0.2) is 36.4 Å². The zero-order valence-corrected chi connectivity index (χ0v) is 12.3. The van der Waals surface area contributed by atoms with Gasteiger partial charge in [0.25, 0.3) is 5.95 Å². The molecule has 0 fully saturated rings. The van der Waals surface area contributed by atoms with Crippen LogP contribution in [0.3, 0.4) is 0 Å². The number of aromatic nitrogens is 5. The minimum atomic E-state index is -0.639. The molecule has 0 bridgehead atoms. The minimum absolute atomic E-state index is 0.0584. The van der Waals surface area contributed by atoms with Crippen molar-refractivity contribution in [2.75, 3.05) is 11.9 Å². The van der Waals surface area contributed by atoms with Gasteiger partial charge in [0.1, 0.15) is 0 Å². The molecule has 0 spiro atoms. The van der Waals surface area contributed by atoms with Gasteiger partial charge in [0.05, 0.1) is 6.10 Å². The summed E-state index contributed by atoms with van der Waals surface area (Å²) in [5.41, 5.74) is 0.847. The van der Waals surface area contributed by atoms with Crippen molar-refractivity contribution in [3.63, 3.8) is 0 Å². The lowest BCUT2D eigenvalue weighted by Gasteiger charge is -2.11. The molecule has 1 unspecified atom stereocenters. The predicted octanol–water partition coefficient (Wildman–Crippen LogP) is 1.92. The second-order valence-electron chi connectivity index (χ2n) is 4.13. The van der Waals surface area contributed by atoms with E-state index in [2.05, 4.69) is 25.4 Å². The molecule has 1 atom stereocenters. The highest BCUT2D eigenvalue weighted by molar-refractivity contribution is 7.07. The average molecular weight is 323 g/mol. The molecule has 0 aliphatic rings. The van der Waals surface area contributed by atoms with E-state index in [1.165, 1.54) is 16.0 Å². The number of nitrogens with one attached hydrogen (secondary N) is 1. The Morgan fingerprint density at radius 2 is 2.29 bits per heavy atom. The van der Waals surface area contributed by atoms with Gasteiger partial charge in [-0.2, -0.15) is 31.4 Å². The summed E-state index contributed by atoms with van der Waals surface area (Å²) in [6.45, 7) is 0.273. The highest BCUT2D eigenvalue weighted by Crippen LogP contribution is 2.17. The van der Waals surface area contributed by atoms with Crippen molar-refractivity contribution in [3.8, 4) is 5.95 Å². The average Bonchev–Trinajstić information content (AvgIpc) is 3.16. The molecule has 7 nitrogen and oxygen atoms in total. The zero-order valence-electron chi connectivity index (χ0n) is 10.7. The van der Waals surface area contributed by atoms with Gasteiger partial charge in [-0.05, 0) is 40.1 Å². The number of hydrogen-bond acceptors (Lipinski definition) is 7. The van der Waals surface area contributed by atoms with Crippen LogP contribution in [0, 0.1) is 0 Å². The molecule has 3 rings (SSSR count). The molecule has 0 aliphatic heterocycles. The number of aliphatic hydroxyl groups is 1. The Labute approximate surface area is 129 Å². The first-order valence-corrected chi connectivity index (χ1v) is 7.40. The van der Waals surface area contributed by atoms with Gasteiger partial charge in [0.15, 0.2) is 0 Å². The van der Waals surface area contributed by atoms with E-state index in [-0.39, 0.29) is 17.8 Å². The highest BCUT2D eigenvalue weighted by Gasteiger charge is 2.11. The van der Waals surface area contributed by atoms with E-state index < -0.39 is 6.10 Å². The van der Waals surface area contributed by atoms with Crippen LogP contribution in [-0.2, 0) is 0 Å². The predicted molar refractivity (Wildman–Crippen MR) is 79.7 cm³/mol. The first-order valence-electron chi connectivity index (χ1n) is 6.08. The number of rotatable bonds is 5. The van der Waals surface area contributed by atoms with Crippen LogP contribution in [0.5, 0.6) is 0 Å². The maximum Gasteiger partial charge on any atom is 0.256 e. The maximum atomic E-state index is 10.0. The first kappa shape index (κ1) is 13.9. The number of aliphatic hydroxyl groups excluding tert-OH is 1. The number of halogens is 1. The van der Waals surface area contributed by atoms with Crippen LogP contribution < -0.4 is 5.32 Å². The highest BCUT2D eigenvalue weighted by atomic mass is 35.5. The molecule has 0 saturated heterocycles. The fourth-order valence-corrected chi connectivity index (χ4v) is 2.54. The Morgan fingerprint density at radius 3 is 3.00 bits per heavy atom. The molecule has 0 radical (unpaired) electrons. The largest absolute Gasteiger partial charge is 0.387 e. The Balaban J connectivity index is 1.74. The molecule has 3 aromatic heterocycles. The normalized spacial score (nSPS) is 12.3. The van der Waals surface area contributed by atoms with Gasteiger partial charge < -0.3 is 10.4 Å². The summed E-state index contributed by atoms with van der Waals surface area (Å²) in [5, 5.41) is 20.9. The summed E-state index contributed by atoms with van der Waals surface area (Å²) in [7, 11) is 0. The monoisotopic (exact) mass is 322 g/mol. The van der Waals surface area contributed by atoms with Crippen molar-refractivity contribution < 1.29 is 5.11 Å². The molecule has 9 heteroatoms. The van der Waals surface area contributed by atoms with E-state index in [9.17, 15) is 5.11 Å². The SMILES string of the molecule is OC(CNc1nc(Cl)nc(-n2cccn2)n1)c1ccsc1. The van der Waals surface area contributed by atoms with Crippen LogP contribution >= 0.6 is 22.9 Å². The zero-order chi connectivity index (χ0) is 14.7. The maximum absolute atomic E-state index is 10.0. The third kappa shape index (κ3) is 3.35. The van der Waals surface area contributed by atoms with E-state index in [0.717, 1.165) is 5.56 Å². The molecule has 21 heavy (non-hydrogen) atoms. The number of nitrogens with zero attached hydrogens (tertiary/aromatic N) is 5. The van der Waals surface area contributed by atoms with Crippen LogP contribution in [0.1, 0.15) is 11.7 Å². The Hall–Kier alpha value is -2.03. The van der Waals surface area contributed by atoms with Gasteiger partial charge in [0, 0.05) is 18.9 Å². The summed E-state index contributed by atoms with van der Waals surface area (Å²) >= 11 is 7.41. The van der Waals surface area contributed by atoms with Gasteiger partial charge in [-0.3, -0.25) is 0 Å². The Kier molecular flexibility index (Phi) is 4.09. The third-order valence-electron chi connectivity index (χ3n) is 2.69. The third-order valence-corrected chi connectivity index (χ3v) is 3.56. The van der Waals surface area contributed by atoms with E-state index in [0.29, 0.717) is 5.95 Å². The van der Waals surface area contributed by atoms with Crippen LogP contribution in [0.25, 0.3) is 5.95 Å². The van der Waals surface area contributed by atoms with Crippen LogP contribution in [0.15, 0.2) is 35.3 Å². The van der Waals surface area contributed by atoms with Crippen molar-refractivity contribution in [2.45, 2.75) is 6.10 Å². The van der Waals surface area contributed by atoms with Crippen LogP contribution in [0.2, 0.25) is 5.28 Å². The minimum Gasteiger partial charge on any atom is -0.387 e. The van der Waals surface area contributed by atoms with E-state index in [4.69, 9.17) is 11.6 Å². The van der Waals surface area contributed by atoms with Crippen molar-refractivity contribution in [1.29, 1.82) is 0 Å². The van der Waals surface area contributed by atoms with E-state index in [1.54, 1.807) is 18.5 Å². The molecular weight excluding hydrogens is 312 g/mol. The molecule has 3 aromatic rings. The van der Waals surface area contributed by atoms with E-state index >= 15 is 0 Å². The quantitative estimate of drug-likeness (QED) is 0.746. The summed E-state index contributed by atoms with van der Waals surface area (Å²) < 4.78 is 1.48. The summed E-state index contributed by atoms with van der Waals surface area (Å²) in [6, 6.07) is 3.62. The topological polar surface area (TPSA) is 88.8 Å². The molecule has 2 N–H and O–H groups in total. The smallest absolute Gasteiger partial charge is 0.256 e. The first-order chi connectivity index (χ1) is 10.2. The van der Waals surface area contributed by atoms with Gasteiger partial charge >= 0.3 is 0 Å². The molecule has 108 valence electrons. The van der Waals surface area contributed by atoms with Gasteiger partial charge in [-0.15, -0.1) is 0 Å². The fourth-order valence-electron chi connectivity index (χ4n) is 1.68. The van der Waals surface area contributed by atoms with Gasteiger partial charge in [-0.1, -0.05) is 0 Å². The molecule has 0 aromatic carbocycles. The van der Waals surface area contributed by atoms with Gasteiger partial charge in [0.2, 0.25) is 11.2 Å². The van der Waals surface area contributed by atoms with Crippen molar-refractivity contribution in [3.05, 3.63) is 46.1 Å². The number of anilines is 1. The summed E-state index contributed by atoms with van der Waals surface area (Å²) in [4.78, 5) is 12.2. The molecule has 0 aliphatic carbocycles. The standard InChI is InChI=1S/C12H11ClN6OS/c13-10-16-11(14-6-9(20)8-2-5-21-7-8)18-12(17-10)19-4-1-3-15-19/h1-5,7,9,20H,6H2,(H,14,16,17,18). The Morgan fingerprint density at radius 1 is 1.38 bits per heavy atom.